The Balaban J connectivity index is 1.73. The molecule has 1 fully saturated rings. The van der Waals surface area contributed by atoms with Gasteiger partial charge < -0.3 is 15.0 Å². The smallest absolute Gasteiger partial charge is 0.410 e. The van der Waals surface area contributed by atoms with Gasteiger partial charge in [-0.1, -0.05) is 13.8 Å². The maximum absolute atomic E-state index is 12.3. The third kappa shape index (κ3) is 6.21. The monoisotopic (exact) mass is 443 g/mol. The minimum Gasteiger partial charge on any atom is -0.444 e. The number of H-pyrrole nitrogens is 1. The van der Waals surface area contributed by atoms with Gasteiger partial charge in [0, 0.05) is 39.3 Å². The molecule has 0 aromatic carbocycles. The number of carbonyl (C=O) groups excluding carboxylic acids is 2. The normalized spacial score (nSPS) is 15.9. The van der Waals surface area contributed by atoms with Crippen molar-refractivity contribution in [2.75, 3.05) is 39.3 Å². The average molecular weight is 444 g/mol. The summed E-state index contributed by atoms with van der Waals surface area (Å²) in [5.74, 6) is 0.0621. The maximum atomic E-state index is 12.3. The molecule has 0 atom stereocenters. The van der Waals surface area contributed by atoms with Gasteiger partial charge in [-0.3, -0.25) is 14.8 Å². The summed E-state index contributed by atoms with van der Waals surface area (Å²) < 4.78 is 6.12. The predicted octanol–water partition coefficient (Wildman–Crippen LogP) is 2.58. The molecule has 2 amide bonds. The number of carbonyl (C=O) groups is 2. The first kappa shape index (κ1) is 21.7. The summed E-state index contributed by atoms with van der Waals surface area (Å²) in [7, 11) is 0. The molecule has 0 aliphatic carbocycles. The SMILES string of the molecule is CC(C)c1[nH]nc(C(=O)NCCN2CCN(C(=O)OC(C)(C)C)CC2)c1Br. The zero-order valence-electron chi connectivity index (χ0n) is 16.8. The second kappa shape index (κ2) is 9.05. The van der Waals surface area contributed by atoms with E-state index in [2.05, 4.69) is 36.3 Å². The largest absolute Gasteiger partial charge is 0.444 e. The fourth-order valence-corrected chi connectivity index (χ4v) is 3.58. The van der Waals surface area contributed by atoms with Crippen LogP contribution in [0.3, 0.4) is 0 Å². The molecule has 1 saturated heterocycles. The van der Waals surface area contributed by atoms with Crippen molar-refractivity contribution in [3.63, 3.8) is 0 Å². The molecule has 0 bridgehead atoms. The summed E-state index contributed by atoms with van der Waals surface area (Å²) in [6.07, 6.45) is -0.264. The molecule has 0 radical (unpaired) electrons. The highest BCUT2D eigenvalue weighted by Gasteiger charge is 2.26. The van der Waals surface area contributed by atoms with Gasteiger partial charge in [0.2, 0.25) is 0 Å². The molecule has 9 heteroatoms. The van der Waals surface area contributed by atoms with E-state index in [0.29, 0.717) is 25.3 Å². The Morgan fingerprint density at radius 3 is 2.41 bits per heavy atom. The molecule has 2 N–H and O–H groups in total. The van der Waals surface area contributed by atoms with Gasteiger partial charge in [-0.15, -0.1) is 0 Å². The Morgan fingerprint density at radius 1 is 1.26 bits per heavy atom. The van der Waals surface area contributed by atoms with Gasteiger partial charge >= 0.3 is 6.09 Å². The summed E-state index contributed by atoms with van der Waals surface area (Å²) in [4.78, 5) is 28.3. The Morgan fingerprint density at radius 2 is 1.89 bits per heavy atom. The highest BCUT2D eigenvalue weighted by atomic mass is 79.9. The number of amides is 2. The number of aromatic amines is 1. The lowest BCUT2D eigenvalue weighted by Crippen LogP contribution is -2.51. The van der Waals surface area contributed by atoms with Gasteiger partial charge in [-0.05, 0) is 42.6 Å². The van der Waals surface area contributed by atoms with E-state index in [1.807, 2.05) is 34.6 Å². The molecular formula is C18H30BrN5O3. The van der Waals surface area contributed by atoms with Crippen molar-refractivity contribution in [1.82, 2.24) is 25.3 Å². The van der Waals surface area contributed by atoms with Crippen LogP contribution in [0.2, 0.25) is 0 Å². The fourth-order valence-electron chi connectivity index (χ4n) is 2.77. The molecule has 1 aromatic rings. The van der Waals surface area contributed by atoms with Crippen molar-refractivity contribution >= 4 is 27.9 Å². The van der Waals surface area contributed by atoms with Gasteiger partial charge in [-0.2, -0.15) is 5.10 Å². The second-order valence-electron chi connectivity index (χ2n) is 8.02. The number of ether oxygens (including phenoxy) is 1. The average Bonchev–Trinajstić information content (AvgIpc) is 2.95. The molecule has 1 aliphatic rings. The highest BCUT2D eigenvalue weighted by molar-refractivity contribution is 9.10. The lowest BCUT2D eigenvalue weighted by Gasteiger charge is -2.35. The number of aromatic nitrogens is 2. The molecular weight excluding hydrogens is 414 g/mol. The Bertz CT molecular complexity index is 660. The first-order chi connectivity index (χ1) is 12.6. The minimum absolute atomic E-state index is 0.197. The predicted molar refractivity (Wildman–Crippen MR) is 107 cm³/mol. The van der Waals surface area contributed by atoms with E-state index in [4.69, 9.17) is 4.74 Å². The summed E-state index contributed by atoms with van der Waals surface area (Å²) in [6, 6.07) is 0. The lowest BCUT2D eigenvalue weighted by molar-refractivity contribution is 0.0147. The van der Waals surface area contributed by atoms with Crippen LogP contribution >= 0.6 is 15.9 Å². The van der Waals surface area contributed by atoms with Crippen molar-refractivity contribution < 1.29 is 14.3 Å². The third-order valence-corrected chi connectivity index (χ3v) is 5.07. The quantitative estimate of drug-likeness (QED) is 0.729. The van der Waals surface area contributed by atoms with Crippen LogP contribution in [0.4, 0.5) is 4.79 Å². The van der Waals surface area contributed by atoms with E-state index in [-0.39, 0.29) is 17.9 Å². The lowest BCUT2D eigenvalue weighted by atomic mass is 10.1. The van der Waals surface area contributed by atoms with Crippen molar-refractivity contribution in [3.05, 3.63) is 15.9 Å². The molecule has 2 heterocycles. The van der Waals surface area contributed by atoms with E-state index in [0.717, 1.165) is 29.8 Å². The van der Waals surface area contributed by atoms with Gasteiger partial charge in [-0.25, -0.2) is 4.79 Å². The first-order valence-corrected chi connectivity index (χ1v) is 10.1. The van der Waals surface area contributed by atoms with E-state index < -0.39 is 5.60 Å². The number of halogens is 1. The van der Waals surface area contributed by atoms with E-state index in [1.165, 1.54) is 0 Å². The summed E-state index contributed by atoms with van der Waals surface area (Å²) in [6.45, 7) is 13.7. The van der Waals surface area contributed by atoms with Crippen LogP contribution in [0.1, 0.15) is 56.7 Å². The highest BCUT2D eigenvalue weighted by Crippen LogP contribution is 2.25. The molecule has 0 saturated carbocycles. The number of rotatable bonds is 5. The number of nitrogens with one attached hydrogen (secondary N) is 2. The molecule has 8 nitrogen and oxygen atoms in total. The topological polar surface area (TPSA) is 90.6 Å². The van der Waals surface area contributed by atoms with Gasteiger partial charge in [0.1, 0.15) is 5.60 Å². The molecule has 0 unspecified atom stereocenters. The van der Waals surface area contributed by atoms with Gasteiger partial charge in [0.15, 0.2) is 5.69 Å². The van der Waals surface area contributed by atoms with Crippen LogP contribution in [-0.4, -0.2) is 76.9 Å². The number of nitrogens with zero attached hydrogens (tertiary/aromatic N) is 3. The van der Waals surface area contributed by atoms with Crippen LogP contribution in [0.25, 0.3) is 0 Å². The van der Waals surface area contributed by atoms with E-state index in [1.54, 1.807) is 4.90 Å². The molecule has 1 aromatic heterocycles. The van der Waals surface area contributed by atoms with E-state index >= 15 is 0 Å². The van der Waals surface area contributed by atoms with E-state index in [9.17, 15) is 9.59 Å². The van der Waals surface area contributed by atoms with Crippen LogP contribution in [0.15, 0.2) is 4.47 Å². The van der Waals surface area contributed by atoms with Crippen molar-refractivity contribution in [3.8, 4) is 0 Å². The second-order valence-corrected chi connectivity index (χ2v) is 8.81. The summed E-state index contributed by atoms with van der Waals surface area (Å²) in [5.41, 5.74) is 0.820. The molecule has 0 spiro atoms. The van der Waals surface area contributed by atoms with Gasteiger partial charge in [0.05, 0.1) is 10.2 Å². The van der Waals surface area contributed by atoms with Crippen LogP contribution in [-0.2, 0) is 4.74 Å². The van der Waals surface area contributed by atoms with Crippen molar-refractivity contribution in [2.24, 2.45) is 0 Å². The number of hydrogen-bond acceptors (Lipinski definition) is 5. The van der Waals surface area contributed by atoms with Crippen molar-refractivity contribution in [1.29, 1.82) is 0 Å². The molecule has 2 rings (SSSR count). The Labute approximate surface area is 169 Å². The standard InChI is InChI=1S/C18H30BrN5O3/c1-12(2)14-13(19)15(22-21-14)16(25)20-6-7-23-8-10-24(11-9-23)17(26)27-18(3,4)5/h12H,6-11H2,1-5H3,(H,20,25)(H,21,22). The Kier molecular flexibility index (Phi) is 7.27. The first-order valence-electron chi connectivity index (χ1n) is 9.30. The maximum Gasteiger partial charge on any atom is 0.410 e. The summed E-state index contributed by atoms with van der Waals surface area (Å²) in [5, 5.41) is 9.92. The van der Waals surface area contributed by atoms with Crippen LogP contribution in [0.5, 0.6) is 0 Å². The summed E-state index contributed by atoms with van der Waals surface area (Å²) >= 11 is 3.45. The molecule has 27 heavy (non-hydrogen) atoms. The van der Waals surface area contributed by atoms with Crippen LogP contribution in [0, 0.1) is 0 Å². The molecule has 1 aliphatic heterocycles. The van der Waals surface area contributed by atoms with Gasteiger partial charge in [0.25, 0.3) is 5.91 Å². The zero-order valence-corrected chi connectivity index (χ0v) is 18.4. The molecule has 152 valence electrons. The van der Waals surface area contributed by atoms with Crippen LogP contribution < -0.4 is 5.32 Å². The third-order valence-electron chi connectivity index (χ3n) is 4.26. The zero-order chi connectivity index (χ0) is 20.2. The number of piperazine rings is 1. The minimum atomic E-state index is -0.478. The number of hydrogen-bond donors (Lipinski definition) is 2. The van der Waals surface area contributed by atoms with Crippen molar-refractivity contribution in [2.45, 2.75) is 46.1 Å². The fraction of sp³-hybridized carbons (Fsp3) is 0.722. The Hall–Kier alpha value is -1.61.